The van der Waals surface area contributed by atoms with Crippen molar-refractivity contribution >= 4 is 10.8 Å². The molecule has 0 unspecified atom stereocenters. The van der Waals surface area contributed by atoms with Crippen LogP contribution in [0.5, 0.6) is 0 Å². The molecule has 0 spiro atoms. The number of aromatic amines is 1. The monoisotopic (exact) mass is 313 g/mol. The zero-order valence-electron chi connectivity index (χ0n) is 13.1. The van der Waals surface area contributed by atoms with Crippen LogP contribution >= 0.6 is 0 Å². The summed E-state index contributed by atoms with van der Waals surface area (Å²) in [5.41, 5.74) is 3.00. The number of hydrogen-bond acceptors (Lipinski definition) is 1. The highest BCUT2D eigenvalue weighted by atomic mass is 16.1. The van der Waals surface area contributed by atoms with Gasteiger partial charge in [-0.05, 0) is 11.6 Å². The van der Waals surface area contributed by atoms with Crippen LogP contribution in [0.4, 0.5) is 0 Å². The number of nitrogens with zero attached hydrogens (tertiary/aromatic N) is 1. The highest BCUT2D eigenvalue weighted by Crippen LogP contribution is 2.18. The predicted molar refractivity (Wildman–Crippen MR) is 95.7 cm³/mol. The van der Waals surface area contributed by atoms with Crippen LogP contribution < -0.4 is 10.1 Å². The summed E-state index contributed by atoms with van der Waals surface area (Å²) in [5.74, 6) is 0. The summed E-state index contributed by atoms with van der Waals surface area (Å²) in [6.45, 7) is 0.747. The molecule has 1 N–H and O–H groups in total. The first-order valence-electron chi connectivity index (χ1n) is 7.95. The SMILES string of the molecule is O=c1[nH]c(-c2ccccc2)cc2cc[n+](Cc3ccccc3)cc12. The van der Waals surface area contributed by atoms with E-state index in [0.29, 0.717) is 5.39 Å². The van der Waals surface area contributed by atoms with Crippen LogP contribution in [0.15, 0.2) is 90.0 Å². The lowest BCUT2D eigenvalue weighted by Crippen LogP contribution is -2.34. The first kappa shape index (κ1) is 14.4. The zero-order valence-corrected chi connectivity index (χ0v) is 13.1. The Morgan fingerprint density at radius 2 is 1.58 bits per heavy atom. The fraction of sp³-hybridized carbons (Fsp3) is 0.0476. The quantitative estimate of drug-likeness (QED) is 0.577. The average Bonchev–Trinajstić information content (AvgIpc) is 2.64. The first-order valence-corrected chi connectivity index (χ1v) is 7.95. The van der Waals surface area contributed by atoms with Gasteiger partial charge in [0.1, 0.15) is 5.39 Å². The molecule has 0 saturated carbocycles. The normalized spacial score (nSPS) is 10.8. The Morgan fingerprint density at radius 1 is 0.875 bits per heavy atom. The number of H-pyrrole nitrogens is 1. The van der Waals surface area contributed by atoms with Gasteiger partial charge in [-0.1, -0.05) is 60.7 Å². The van der Waals surface area contributed by atoms with Gasteiger partial charge < -0.3 is 4.98 Å². The number of rotatable bonds is 3. The Labute approximate surface area is 139 Å². The summed E-state index contributed by atoms with van der Waals surface area (Å²) >= 11 is 0. The fourth-order valence-electron chi connectivity index (χ4n) is 2.91. The Balaban J connectivity index is 1.76. The second kappa shape index (κ2) is 6.13. The van der Waals surface area contributed by atoms with Gasteiger partial charge in [0.25, 0.3) is 5.56 Å². The van der Waals surface area contributed by atoms with Crippen molar-refractivity contribution in [3.8, 4) is 11.3 Å². The van der Waals surface area contributed by atoms with Crippen molar-refractivity contribution in [1.82, 2.24) is 4.98 Å². The molecule has 4 rings (SSSR count). The predicted octanol–water partition coefficient (Wildman–Crippen LogP) is 3.53. The van der Waals surface area contributed by atoms with Crippen LogP contribution in [-0.2, 0) is 6.54 Å². The zero-order chi connectivity index (χ0) is 16.4. The maximum atomic E-state index is 12.5. The topological polar surface area (TPSA) is 36.7 Å². The lowest BCUT2D eigenvalue weighted by molar-refractivity contribution is -0.687. The summed E-state index contributed by atoms with van der Waals surface area (Å²) in [6, 6.07) is 24.1. The molecule has 3 nitrogen and oxygen atoms in total. The van der Waals surface area contributed by atoms with E-state index < -0.39 is 0 Å². The molecule has 2 heterocycles. The first-order chi connectivity index (χ1) is 11.8. The molecule has 0 saturated heterocycles. The molecule has 24 heavy (non-hydrogen) atoms. The molecule has 0 amide bonds. The molecule has 2 aromatic heterocycles. The van der Waals surface area contributed by atoms with E-state index in [0.717, 1.165) is 23.2 Å². The Hall–Kier alpha value is -3.20. The number of aromatic nitrogens is 2. The van der Waals surface area contributed by atoms with Crippen molar-refractivity contribution in [2.24, 2.45) is 0 Å². The van der Waals surface area contributed by atoms with Gasteiger partial charge in [0.05, 0.1) is 0 Å². The Bertz CT molecular complexity index is 1040. The number of fused-ring (bicyclic) bond motifs is 1. The maximum Gasteiger partial charge on any atom is 0.262 e. The fourth-order valence-corrected chi connectivity index (χ4v) is 2.91. The van der Waals surface area contributed by atoms with Crippen molar-refractivity contribution in [2.45, 2.75) is 6.54 Å². The molecule has 0 bridgehead atoms. The number of hydrogen-bond donors (Lipinski definition) is 1. The summed E-state index contributed by atoms with van der Waals surface area (Å²) in [6.07, 6.45) is 3.93. The molecule has 116 valence electrons. The van der Waals surface area contributed by atoms with Crippen LogP contribution in [0, 0.1) is 0 Å². The minimum atomic E-state index is -0.0613. The van der Waals surface area contributed by atoms with Gasteiger partial charge in [0.15, 0.2) is 18.9 Å². The Morgan fingerprint density at radius 3 is 2.33 bits per heavy atom. The molecule has 4 aromatic rings. The van der Waals surface area contributed by atoms with E-state index in [1.165, 1.54) is 5.56 Å². The largest absolute Gasteiger partial charge is 0.321 e. The van der Waals surface area contributed by atoms with Gasteiger partial charge in [0.2, 0.25) is 0 Å². The molecule has 3 heteroatoms. The van der Waals surface area contributed by atoms with Gasteiger partial charge in [-0.25, -0.2) is 0 Å². The third-order valence-corrected chi connectivity index (χ3v) is 4.14. The van der Waals surface area contributed by atoms with E-state index in [1.807, 2.05) is 77.6 Å². The standard InChI is InChI=1S/C21H16N2O/c24-21-19-15-23(14-16-7-3-1-4-8-16)12-11-18(19)13-20(22-21)17-9-5-2-6-10-17/h1-13,15H,14H2/p+1. The van der Waals surface area contributed by atoms with Gasteiger partial charge >= 0.3 is 0 Å². The molecule has 0 radical (unpaired) electrons. The third kappa shape index (κ3) is 2.84. The van der Waals surface area contributed by atoms with Crippen LogP contribution in [0.1, 0.15) is 5.56 Å². The van der Waals surface area contributed by atoms with Crippen molar-refractivity contribution < 1.29 is 4.57 Å². The highest BCUT2D eigenvalue weighted by Gasteiger charge is 2.09. The summed E-state index contributed by atoms with van der Waals surface area (Å²) < 4.78 is 2.04. The van der Waals surface area contributed by atoms with Gasteiger partial charge in [-0.2, -0.15) is 4.57 Å². The molecule has 0 aliphatic rings. The lowest BCUT2D eigenvalue weighted by atomic mass is 10.1. The average molecular weight is 313 g/mol. The molecular formula is C21H17N2O+. The third-order valence-electron chi connectivity index (χ3n) is 4.14. The van der Waals surface area contributed by atoms with Gasteiger partial charge in [-0.15, -0.1) is 0 Å². The molecule has 0 fully saturated rings. The van der Waals surface area contributed by atoms with Crippen LogP contribution in [0.2, 0.25) is 0 Å². The molecule has 0 aliphatic carbocycles. The van der Waals surface area contributed by atoms with Crippen molar-refractivity contribution in [3.63, 3.8) is 0 Å². The summed E-state index contributed by atoms with van der Waals surface area (Å²) in [7, 11) is 0. The van der Waals surface area contributed by atoms with Gasteiger partial charge in [-0.3, -0.25) is 4.79 Å². The Kier molecular flexibility index (Phi) is 3.67. The van der Waals surface area contributed by atoms with E-state index in [2.05, 4.69) is 17.1 Å². The number of pyridine rings is 2. The van der Waals surface area contributed by atoms with Crippen molar-refractivity contribution in [1.29, 1.82) is 0 Å². The minimum Gasteiger partial charge on any atom is -0.321 e. The van der Waals surface area contributed by atoms with E-state index in [9.17, 15) is 4.79 Å². The second-order valence-corrected chi connectivity index (χ2v) is 5.85. The number of nitrogens with one attached hydrogen (secondary N) is 1. The van der Waals surface area contributed by atoms with E-state index in [-0.39, 0.29) is 5.56 Å². The molecular weight excluding hydrogens is 296 g/mol. The van der Waals surface area contributed by atoms with Crippen LogP contribution in [-0.4, -0.2) is 4.98 Å². The molecule has 0 aliphatic heterocycles. The second-order valence-electron chi connectivity index (χ2n) is 5.85. The minimum absolute atomic E-state index is 0.0613. The van der Waals surface area contributed by atoms with Crippen molar-refractivity contribution in [3.05, 3.63) is 101 Å². The van der Waals surface area contributed by atoms with E-state index in [4.69, 9.17) is 0 Å². The summed E-state index contributed by atoms with van der Waals surface area (Å²) in [4.78, 5) is 15.5. The molecule has 2 aromatic carbocycles. The highest BCUT2D eigenvalue weighted by molar-refractivity contribution is 5.83. The lowest BCUT2D eigenvalue weighted by Gasteiger charge is -2.04. The smallest absolute Gasteiger partial charge is 0.262 e. The van der Waals surface area contributed by atoms with Gasteiger partial charge in [0, 0.05) is 22.7 Å². The number of benzene rings is 2. The van der Waals surface area contributed by atoms with Crippen LogP contribution in [0.3, 0.4) is 0 Å². The van der Waals surface area contributed by atoms with E-state index in [1.54, 1.807) is 0 Å². The van der Waals surface area contributed by atoms with E-state index >= 15 is 0 Å². The summed E-state index contributed by atoms with van der Waals surface area (Å²) in [5, 5.41) is 1.65. The van der Waals surface area contributed by atoms with Crippen molar-refractivity contribution in [2.75, 3.05) is 0 Å². The maximum absolute atomic E-state index is 12.5. The van der Waals surface area contributed by atoms with Crippen LogP contribution in [0.25, 0.3) is 22.0 Å². The molecule has 0 atom stereocenters.